The molecule has 20 heavy (non-hydrogen) atoms. The van der Waals surface area contributed by atoms with Crippen LogP contribution in [0.25, 0.3) is 0 Å². The van der Waals surface area contributed by atoms with Gasteiger partial charge in [0.05, 0.1) is 0 Å². The maximum atomic E-state index is 10.7. The summed E-state index contributed by atoms with van der Waals surface area (Å²) >= 11 is 0. The molecule has 1 N–H and O–H groups in total. The van der Waals surface area contributed by atoms with Crippen molar-refractivity contribution in [1.82, 2.24) is 0 Å². The fourth-order valence-electron chi connectivity index (χ4n) is 2.00. The van der Waals surface area contributed by atoms with Crippen molar-refractivity contribution in [3.8, 4) is 11.5 Å². The third kappa shape index (κ3) is 3.38. The van der Waals surface area contributed by atoms with Gasteiger partial charge in [-0.05, 0) is 49.1 Å². The largest absolute Gasteiger partial charge is 0.481 e. The van der Waals surface area contributed by atoms with E-state index in [1.54, 1.807) is 0 Å². The van der Waals surface area contributed by atoms with E-state index in [1.165, 1.54) is 5.56 Å². The van der Waals surface area contributed by atoms with Crippen molar-refractivity contribution >= 4 is 5.97 Å². The standard InChI is InChI=1S/C17H18O3/c1-12-6-5-9-15(13(12)2)20-16-8-4-3-7-14(16)10-11-17(18)19/h3-9H,10-11H2,1-2H3,(H,18,19). The molecule has 0 aromatic heterocycles. The highest BCUT2D eigenvalue weighted by molar-refractivity contribution is 5.67. The lowest BCUT2D eigenvalue weighted by Gasteiger charge is -2.13. The number of ether oxygens (including phenoxy) is 1. The Balaban J connectivity index is 2.24. The highest BCUT2D eigenvalue weighted by Gasteiger charge is 2.08. The first kappa shape index (κ1) is 14.1. The van der Waals surface area contributed by atoms with Crippen LogP contribution in [0.3, 0.4) is 0 Å². The quantitative estimate of drug-likeness (QED) is 0.889. The van der Waals surface area contributed by atoms with E-state index in [4.69, 9.17) is 9.84 Å². The first-order chi connectivity index (χ1) is 9.58. The van der Waals surface area contributed by atoms with Crippen LogP contribution in [0.1, 0.15) is 23.1 Å². The molecule has 0 saturated carbocycles. The van der Waals surface area contributed by atoms with E-state index in [-0.39, 0.29) is 6.42 Å². The lowest BCUT2D eigenvalue weighted by molar-refractivity contribution is -0.136. The summed E-state index contributed by atoms with van der Waals surface area (Å²) in [6, 6.07) is 13.5. The number of hydrogen-bond donors (Lipinski definition) is 1. The number of carboxylic acid groups (broad SMARTS) is 1. The van der Waals surface area contributed by atoms with Gasteiger partial charge in [0.2, 0.25) is 0 Å². The van der Waals surface area contributed by atoms with Crippen LogP contribution in [0, 0.1) is 13.8 Å². The van der Waals surface area contributed by atoms with Crippen LogP contribution in [-0.2, 0) is 11.2 Å². The van der Waals surface area contributed by atoms with Crippen molar-refractivity contribution in [1.29, 1.82) is 0 Å². The number of para-hydroxylation sites is 1. The number of aliphatic carboxylic acids is 1. The second kappa shape index (κ2) is 6.24. The molecule has 0 atom stereocenters. The number of hydrogen-bond acceptors (Lipinski definition) is 2. The van der Waals surface area contributed by atoms with E-state index in [1.807, 2.05) is 56.3 Å². The molecule has 0 radical (unpaired) electrons. The van der Waals surface area contributed by atoms with Crippen LogP contribution in [0.2, 0.25) is 0 Å². The minimum Gasteiger partial charge on any atom is -0.481 e. The number of aryl methyl sites for hydroxylation is 2. The molecule has 0 amide bonds. The molecule has 2 aromatic carbocycles. The van der Waals surface area contributed by atoms with Gasteiger partial charge in [-0.15, -0.1) is 0 Å². The molecule has 2 aromatic rings. The van der Waals surface area contributed by atoms with E-state index in [0.717, 1.165) is 22.6 Å². The first-order valence-corrected chi connectivity index (χ1v) is 6.61. The number of carbonyl (C=O) groups is 1. The Bertz CT molecular complexity index is 617. The fourth-order valence-corrected chi connectivity index (χ4v) is 2.00. The average molecular weight is 270 g/mol. The van der Waals surface area contributed by atoms with Gasteiger partial charge in [-0.25, -0.2) is 0 Å². The Hall–Kier alpha value is -2.29. The van der Waals surface area contributed by atoms with Crippen LogP contribution in [0.15, 0.2) is 42.5 Å². The number of rotatable bonds is 5. The molecule has 104 valence electrons. The summed E-state index contributed by atoms with van der Waals surface area (Å²) in [6.07, 6.45) is 0.573. The van der Waals surface area contributed by atoms with Crippen molar-refractivity contribution in [2.24, 2.45) is 0 Å². The van der Waals surface area contributed by atoms with E-state index in [2.05, 4.69) is 0 Å². The molecular weight excluding hydrogens is 252 g/mol. The van der Waals surface area contributed by atoms with Crippen LogP contribution < -0.4 is 4.74 Å². The summed E-state index contributed by atoms with van der Waals surface area (Å²) in [6.45, 7) is 4.06. The zero-order valence-corrected chi connectivity index (χ0v) is 11.7. The Kier molecular flexibility index (Phi) is 4.41. The molecule has 2 rings (SSSR count). The van der Waals surface area contributed by atoms with Crippen molar-refractivity contribution in [2.45, 2.75) is 26.7 Å². The Morgan fingerprint density at radius 3 is 2.50 bits per heavy atom. The minimum absolute atomic E-state index is 0.104. The summed E-state index contributed by atoms with van der Waals surface area (Å²) in [5.41, 5.74) is 3.18. The normalized spacial score (nSPS) is 10.3. The second-order valence-electron chi connectivity index (χ2n) is 4.80. The van der Waals surface area contributed by atoms with Gasteiger partial charge >= 0.3 is 5.97 Å². The van der Waals surface area contributed by atoms with Gasteiger partial charge in [-0.3, -0.25) is 4.79 Å². The predicted molar refractivity (Wildman–Crippen MR) is 78.4 cm³/mol. The highest BCUT2D eigenvalue weighted by atomic mass is 16.5. The lowest BCUT2D eigenvalue weighted by Crippen LogP contribution is -1.99. The molecule has 0 aliphatic carbocycles. The molecule has 0 heterocycles. The zero-order valence-electron chi connectivity index (χ0n) is 11.7. The zero-order chi connectivity index (χ0) is 14.5. The van der Waals surface area contributed by atoms with Gasteiger partial charge in [0, 0.05) is 6.42 Å². The average Bonchev–Trinajstić information content (AvgIpc) is 2.43. The molecule has 0 aliphatic rings. The van der Waals surface area contributed by atoms with Crippen LogP contribution >= 0.6 is 0 Å². The van der Waals surface area contributed by atoms with Gasteiger partial charge in [-0.1, -0.05) is 30.3 Å². The maximum absolute atomic E-state index is 10.7. The number of carboxylic acids is 1. The molecule has 0 unspecified atom stereocenters. The molecule has 0 aliphatic heterocycles. The Morgan fingerprint density at radius 2 is 1.75 bits per heavy atom. The fraction of sp³-hybridized carbons (Fsp3) is 0.235. The molecule has 0 bridgehead atoms. The Labute approximate surface area is 118 Å². The van der Waals surface area contributed by atoms with Crippen LogP contribution in [-0.4, -0.2) is 11.1 Å². The topological polar surface area (TPSA) is 46.5 Å². The summed E-state index contributed by atoms with van der Waals surface area (Å²) in [5, 5.41) is 8.80. The summed E-state index contributed by atoms with van der Waals surface area (Å²) < 4.78 is 5.96. The van der Waals surface area contributed by atoms with Crippen molar-refractivity contribution < 1.29 is 14.6 Å². The predicted octanol–water partition coefficient (Wildman–Crippen LogP) is 4.11. The second-order valence-corrected chi connectivity index (χ2v) is 4.80. The smallest absolute Gasteiger partial charge is 0.303 e. The molecule has 0 fully saturated rings. The van der Waals surface area contributed by atoms with Crippen molar-refractivity contribution in [3.05, 3.63) is 59.2 Å². The van der Waals surface area contributed by atoms with Gasteiger partial charge in [0.15, 0.2) is 0 Å². The van der Waals surface area contributed by atoms with Gasteiger partial charge in [0.1, 0.15) is 11.5 Å². The van der Waals surface area contributed by atoms with Gasteiger partial charge in [0.25, 0.3) is 0 Å². The molecular formula is C17H18O3. The van der Waals surface area contributed by atoms with E-state index in [0.29, 0.717) is 6.42 Å². The molecule has 3 nitrogen and oxygen atoms in total. The minimum atomic E-state index is -0.800. The first-order valence-electron chi connectivity index (χ1n) is 6.61. The third-order valence-electron chi connectivity index (χ3n) is 3.36. The van der Waals surface area contributed by atoms with Crippen LogP contribution in [0.4, 0.5) is 0 Å². The summed E-state index contributed by atoms with van der Waals surface area (Å²) in [7, 11) is 0. The summed E-state index contributed by atoms with van der Waals surface area (Å²) in [4.78, 5) is 10.7. The third-order valence-corrected chi connectivity index (χ3v) is 3.36. The molecule has 0 saturated heterocycles. The van der Waals surface area contributed by atoms with Gasteiger partial charge in [-0.2, -0.15) is 0 Å². The lowest BCUT2D eigenvalue weighted by atomic mass is 10.1. The monoisotopic (exact) mass is 270 g/mol. The number of benzene rings is 2. The van der Waals surface area contributed by atoms with E-state index >= 15 is 0 Å². The highest BCUT2D eigenvalue weighted by Crippen LogP contribution is 2.29. The van der Waals surface area contributed by atoms with Crippen molar-refractivity contribution in [3.63, 3.8) is 0 Å². The van der Waals surface area contributed by atoms with E-state index in [9.17, 15) is 4.79 Å². The summed E-state index contributed by atoms with van der Waals surface area (Å²) in [5.74, 6) is 0.738. The SMILES string of the molecule is Cc1cccc(Oc2ccccc2CCC(=O)O)c1C. The molecule has 0 spiro atoms. The van der Waals surface area contributed by atoms with Crippen molar-refractivity contribution in [2.75, 3.05) is 0 Å². The van der Waals surface area contributed by atoms with Gasteiger partial charge < -0.3 is 9.84 Å². The maximum Gasteiger partial charge on any atom is 0.303 e. The van der Waals surface area contributed by atoms with E-state index < -0.39 is 5.97 Å². The Morgan fingerprint density at radius 1 is 1.05 bits per heavy atom. The van der Waals surface area contributed by atoms with Crippen LogP contribution in [0.5, 0.6) is 11.5 Å². The molecule has 3 heteroatoms.